The largest absolute Gasteiger partial charge is 0.477 e. The number of aromatic nitrogens is 2. The van der Waals surface area contributed by atoms with Crippen LogP contribution in [-0.2, 0) is 6.54 Å². The summed E-state index contributed by atoms with van der Waals surface area (Å²) in [5, 5.41) is 13.1. The first kappa shape index (κ1) is 12.6. The Morgan fingerprint density at radius 3 is 3.05 bits per heavy atom. The average molecular weight is 289 g/mol. The van der Waals surface area contributed by atoms with Crippen LogP contribution in [0.3, 0.4) is 0 Å². The lowest BCUT2D eigenvalue weighted by Gasteiger charge is -2.05. The zero-order valence-corrected chi connectivity index (χ0v) is 11.4. The van der Waals surface area contributed by atoms with E-state index in [0.29, 0.717) is 27.6 Å². The molecule has 3 rings (SSSR count). The van der Waals surface area contributed by atoms with Crippen LogP contribution in [0.1, 0.15) is 21.0 Å². The van der Waals surface area contributed by atoms with Gasteiger partial charge in [-0.05, 0) is 24.6 Å². The van der Waals surface area contributed by atoms with E-state index >= 15 is 0 Å². The SMILES string of the molecule is Cc1c(C(=O)O)sc2ncnc(NCc3ccco3)c12. The molecule has 0 unspecified atom stereocenters. The lowest BCUT2D eigenvalue weighted by molar-refractivity contribution is 0.0701. The van der Waals surface area contributed by atoms with E-state index in [1.165, 1.54) is 6.33 Å². The van der Waals surface area contributed by atoms with Gasteiger partial charge in [0.2, 0.25) is 0 Å². The van der Waals surface area contributed by atoms with Crippen LogP contribution in [0.25, 0.3) is 10.2 Å². The molecule has 3 aromatic heterocycles. The number of fused-ring (bicyclic) bond motifs is 1. The number of thiophene rings is 1. The zero-order valence-electron chi connectivity index (χ0n) is 10.6. The van der Waals surface area contributed by atoms with Crippen molar-refractivity contribution in [3.63, 3.8) is 0 Å². The number of anilines is 1. The van der Waals surface area contributed by atoms with Crippen molar-refractivity contribution >= 4 is 33.3 Å². The third-order valence-corrected chi connectivity index (χ3v) is 4.12. The molecular weight excluding hydrogens is 278 g/mol. The van der Waals surface area contributed by atoms with Crippen LogP contribution in [0, 0.1) is 6.92 Å². The molecule has 0 atom stereocenters. The van der Waals surface area contributed by atoms with Gasteiger partial charge < -0.3 is 14.8 Å². The number of aromatic carboxylic acids is 1. The second-order valence-electron chi connectivity index (χ2n) is 4.20. The topological polar surface area (TPSA) is 88.2 Å². The first-order valence-corrected chi connectivity index (χ1v) is 6.72. The highest BCUT2D eigenvalue weighted by molar-refractivity contribution is 7.20. The second kappa shape index (κ2) is 4.93. The molecule has 0 radical (unpaired) electrons. The van der Waals surface area contributed by atoms with Gasteiger partial charge in [0.1, 0.15) is 27.6 Å². The van der Waals surface area contributed by atoms with Gasteiger partial charge in [-0.15, -0.1) is 11.3 Å². The third kappa shape index (κ3) is 2.12. The normalized spacial score (nSPS) is 10.8. The van der Waals surface area contributed by atoms with Gasteiger partial charge in [0, 0.05) is 0 Å². The number of rotatable bonds is 4. The van der Waals surface area contributed by atoms with Gasteiger partial charge in [0.15, 0.2) is 0 Å². The van der Waals surface area contributed by atoms with Gasteiger partial charge in [-0.2, -0.15) is 0 Å². The molecule has 0 aliphatic rings. The smallest absolute Gasteiger partial charge is 0.346 e. The highest BCUT2D eigenvalue weighted by Gasteiger charge is 2.18. The molecular formula is C13H11N3O3S. The Balaban J connectivity index is 2.00. The minimum Gasteiger partial charge on any atom is -0.477 e. The highest BCUT2D eigenvalue weighted by Crippen LogP contribution is 2.33. The summed E-state index contributed by atoms with van der Waals surface area (Å²) in [6.45, 7) is 2.25. The van der Waals surface area contributed by atoms with Gasteiger partial charge in [0.05, 0.1) is 18.2 Å². The minimum atomic E-state index is -0.942. The van der Waals surface area contributed by atoms with Crippen LogP contribution in [0.15, 0.2) is 29.1 Å². The van der Waals surface area contributed by atoms with E-state index in [1.807, 2.05) is 12.1 Å². The van der Waals surface area contributed by atoms with Crippen molar-refractivity contribution in [3.8, 4) is 0 Å². The summed E-state index contributed by atoms with van der Waals surface area (Å²) in [5.41, 5.74) is 0.681. The van der Waals surface area contributed by atoms with E-state index in [1.54, 1.807) is 13.2 Å². The zero-order chi connectivity index (χ0) is 14.1. The predicted molar refractivity (Wildman–Crippen MR) is 75.1 cm³/mol. The van der Waals surface area contributed by atoms with E-state index in [9.17, 15) is 4.79 Å². The van der Waals surface area contributed by atoms with Crippen LogP contribution in [0.4, 0.5) is 5.82 Å². The molecule has 6 nitrogen and oxygen atoms in total. The molecule has 0 fully saturated rings. The highest BCUT2D eigenvalue weighted by atomic mass is 32.1. The summed E-state index contributed by atoms with van der Waals surface area (Å²) >= 11 is 1.16. The monoisotopic (exact) mass is 289 g/mol. The first-order valence-electron chi connectivity index (χ1n) is 5.90. The number of aryl methyl sites for hydroxylation is 1. The molecule has 0 spiro atoms. The van der Waals surface area contributed by atoms with Crippen molar-refractivity contribution < 1.29 is 14.3 Å². The fourth-order valence-corrected chi connectivity index (χ4v) is 2.98. The summed E-state index contributed by atoms with van der Waals surface area (Å²) in [4.78, 5) is 20.5. The predicted octanol–water partition coefficient (Wildman–Crippen LogP) is 2.90. The van der Waals surface area contributed by atoms with Crippen LogP contribution in [-0.4, -0.2) is 21.0 Å². The molecule has 2 N–H and O–H groups in total. The van der Waals surface area contributed by atoms with Crippen molar-refractivity contribution in [2.24, 2.45) is 0 Å². The second-order valence-corrected chi connectivity index (χ2v) is 5.20. The molecule has 7 heteroatoms. The van der Waals surface area contributed by atoms with Crippen LogP contribution < -0.4 is 5.32 Å². The van der Waals surface area contributed by atoms with Crippen molar-refractivity contribution in [1.82, 2.24) is 9.97 Å². The fourth-order valence-electron chi connectivity index (χ4n) is 1.99. The summed E-state index contributed by atoms with van der Waals surface area (Å²) in [5.74, 6) is 0.457. The van der Waals surface area contributed by atoms with Crippen molar-refractivity contribution in [3.05, 3.63) is 40.9 Å². The third-order valence-electron chi connectivity index (χ3n) is 2.93. The van der Waals surface area contributed by atoms with Crippen molar-refractivity contribution in [1.29, 1.82) is 0 Å². The van der Waals surface area contributed by atoms with Crippen LogP contribution in [0.5, 0.6) is 0 Å². The summed E-state index contributed by atoms with van der Waals surface area (Å²) in [6.07, 6.45) is 3.03. The van der Waals surface area contributed by atoms with Gasteiger partial charge in [-0.3, -0.25) is 0 Å². The van der Waals surface area contributed by atoms with Gasteiger partial charge >= 0.3 is 5.97 Å². The molecule has 102 valence electrons. The molecule has 0 bridgehead atoms. The average Bonchev–Trinajstić information content (AvgIpc) is 3.05. The van der Waals surface area contributed by atoms with Crippen LogP contribution in [0.2, 0.25) is 0 Å². The minimum absolute atomic E-state index is 0.293. The van der Waals surface area contributed by atoms with Crippen molar-refractivity contribution in [2.75, 3.05) is 5.32 Å². The molecule has 0 aromatic carbocycles. The molecule has 0 saturated heterocycles. The van der Waals surface area contributed by atoms with Gasteiger partial charge in [0.25, 0.3) is 0 Å². The number of nitrogens with zero attached hydrogens (tertiary/aromatic N) is 2. The Hall–Kier alpha value is -2.41. The molecule has 3 aromatic rings. The summed E-state index contributed by atoms with van der Waals surface area (Å²) in [7, 11) is 0. The first-order chi connectivity index (χ1) is 9.66. The van der Waals surface area contributed by atoms with E-state index in [2.05, 4.69) is 15.3 Å². The number of carboxylic acids is 1. The Labute approximate surface area is 118 Å². The summed E-state index contributed by atoms with van der Waals surface area (Å²) < 4.78 is 5.24. The number of nitrogens with one attached hydrogen (secondary N) is 1. The molecule has 0 saturated carbocycles. The fraction of sp³-hybridized carbons (Fsp3) is 0.154. The lowest BCUT2D eigenvalue weighted by atomic mass is 10.2. The van der Waals surface area contributed by atoms with E-state index < -0.39 is 5.97 Å². The molecule has 20 heavy (non-hydrogen) atoms. The number of furan rings is 1. The Morgan fingerprint density at radius 1 is 1.50 bits per heavy atom. The molecule has 3 heterocycles. The lowest BCUT2D eigenvalue weighted by Crippen LogP contribution is -2.02. The van der Waals surface area contributed by atoms with E-state index in [-0.39, 0.29) is 0 Å². The molecule has 0 aliphatic heterocycles. The van der Waals surface area contributed by atoms with Crippen LogP contribution >= 0.6 is 11.3 Å². The Kier molecular flexibility index (Phi) is 3.11. The van der Waals surface area contributed by atoms with Crippen molar-refractivity contribution in [2.45, 2.75) is 13.5 Å². The maximum Gasteiger partial charge on any atom is 0.346 e. The maximum atomic E-state index is 11.2. The molecule has 0 amide bonds. The number of hydrogen-bond donors (Lipinski definition) is 2. The Morgan fingerprint density at radius 2 is 2.35 bits per heavy atom. The molecule has 0 aliphatic carbocycles. The Bertz CT molecular complexity index is 765. The number of carbonyl (C=O) groups is 1. The summed E-state index contributed by atoms with van der Waals surface area (Å²) in [6, 6.07) is 3.67. The quantitative estimate of drug-likeness (QED) is 0.767. The maximum absolute atomic E-state index is 11.2. The van der Waals surface area contributed by atoms with Gasteiger partial charge in [-0.1, -0.05) is 0 Å². The van der Waals surface area contributed by atoms with Gasteiger partial charge in [-0.25, -0.2) is 14.8 Å². The standard InChI is InChI=1S/C13H11N3O3S/c1-7-9-11(14-5-8-3-2-4-19-8)15-6-16-12(9)20-10(7)13(17)18/h2-4,6H,5H2,1H3,(H,17,18)(H,14,15,16). The number of carboxylic acid groups (broad SMARTS) is 1. The van der Waals surface area contributed by atoms with E-state index in [0.717, 1.165) is 22.5 Å². The van der Waals surface area contributed by atoms with E-state index in [4.69, 9.17) is 9.52 Å². The number of hydrogen-bond acceptors (Lipinski definition) is 6.